The van der Waals surface area contributed by atoms with E-state index in [4.69, 9.17) is 11.6 Å². The van der Waals surface area contributed by atoms with Crippen molar-refractivity contribution >= 4 is 39.7 Å². The van der Waals surface area contributed by atoms with Gasteiger partial charge in [-0.25, -0.2) is 9.97 Å². The van der Waals surface area contributed by atoms with Crippen molar-refractivity contribution in [2.45, 2.75) is 19.9 Å². The predicted molar refractivity (Wildman–Crippen MR) is 84.5 cm³/mol. The summed E-state index contributed by atoms with van der Waals surface area (Å²) in [6.07, 6.45) is 2.74. The Morgan fingerprint density at radius 1 is 1.40 bits per heavy atom. The Kier molecular flexibility index (Phi) is 3.63. The first kappa shape index (κ1) is 13.4. The molecule has 0 aliphatic carbocycles. The minimum atomic E-state index is 0.578. The lowest BCUT2D eigenvalue weighted by Crippen LogP contribution is -1.97. The Balaban J connectivity index is 1.82. The van der Waals surface area contributed by atoms with E-state index in [0.29, 0.717) is 4.47 Å². The Morgan fingerprint density at radius 2 is 2.25 bits per heavy atom. The summed E-state index contributed by atoms with van der Waals surface area (Å²) in [4.78, 5) is 9.79. The summed E-state index contributed by atoms with van der Waals surface area (Å²) in [6.45, 7) is 2.84. The quantitative estimate of drug-likeness (QED) is 0.796. The van der Waals surface area contributed by atoms with Gasteiger partial charge in [0.25, 0.3) is 0 Å². The van der Waals surface area contributed by atoms with Crippen LogP contribution in [0.5, 0.6) is 0 Å². The molecule has 1 aromatic carbocycles. The number of benzene rings is 1. The van der Waals surface area contributed by atoms with Gasteiger partial charge in [-0.3, -0.25) is 0 Å². The van der Waals surface area contributed by atoms with Crippen LogP contribution >= 0.6 is 22.9 Å². The predicted octanol–water partition coefficient (Wildman–Crippen LogP) is 3.86. The number of halogens is 1. The maximum atomic E-state index is 5.82. The molecule has 0 amide bonds. The van der Waals surface area contributed by atoms with Gasteiger partial charge < -0.3 is 9.88 Å². The van der Waals surface area contributed by atoms with E-state index in [1.807, 2.05) is 0 Å². The van der Waals surface area contributed by atoms with E-state index in [1.165, 1.54) is 11.3 Å². The first-order valence-corrected chi connectivity index (χ1v) is 7.66. The molecule has 0 saturated carbocycles. The van der Waals surface area contributed by atoms with E-state index in [1.54, 1.807) is 6.20 Å². The SMILES string of the molecule is CCc1nc2cc(NCc3cnc(Cl)s3)ccc2n1C. The van der Waals surface area contributed by atoms with Crippen molar-refractivity contribution in [3.63, 3.8) is 0 Å². The van der Waals surface area contributed by atoms with Crippen LogP contribution in [-0.2, 0) is 20.0 Å². The van der Waals surface area contributed by atoms with E-state index in [0.717, 1.165) is 40.4 Å². The molecular formula is C14H15ClN4S. The van der Waals surface area contributed by atoms with Crippen LogP contribution in [0.4, 0.5) is 5.69 Å². The highest BCUT2D eigenvalue weighted by Gasteiger charge is 2.07. The molecule has 0 atom stereocenters. The van der Waals surface area contributed by atoms with Crippen molar-refractivity contribution in [2.75, 3.05) is 5.32 Å². The molecule has 0 fully saturated rings. The molecule has 3 rings (SSSR count). The Morgan fingerprint density at radius 3 is 2.95 bits per heavy atom. The molecule has 2 aromatic heterocycles. The molecule has 4 nitrogen and oxygen atoms in total. The number of imidazole rings is 1. The van der Waals surface area contributed by atoms with Gasteiger partial charge in [0, 0.05) is 30.2 Å². The van der Waals surface area contributed by atoms with Crippen molar-refractivity contribution in [1.29, 1.82) is 0 Å². The van der Waals surface area contributed by atoms with E-state index < -0.39 is 0 Å². The van der Waals surface area contributed by atoms with Crippen LogP contribution in [0.1, 0.15) is 17.6 Å². The van der Waals surface area contributed by atoms with Crippen LogP contribution in [0.15, 0.2) is 24.4 Å². The van der Waals surface area contributed by atoms with Crippen molar-refractivity contribution in [2.24, 2.45) is 7.05 Å². The lowest BCUT2D eigenvalue weighted by Gasteiger charge is -2.04. The van der Waals surface area contributed by atoms with Gasteiger partial charge >= 0.3 is 0 Å². The van der Waals surface area contributed by atoms with Crippen LogP contribution in [0.3, 0.4) is 0 Å². The monoisotopic (exact) mass is 306 g/mol. The fourth-order valence-corrected chi connectivity index (χ4v) is 3.15. The minimum Gasteiger partial charge on any atom is -0.380 e. The van der Waals surface area contributed by atoms with Gasteiger partial charge in [0.15, 0.2) is 4.47 Å². The largest absolute Gasteiger partial charge is 0.380 e. The molecule has 6 heteroatoms. The summed E-state index contributed by atoms with van der Waals surface area (Å²) in [5.74, 6) is 1.10. The van der Waals surface area contributed by atoms with Gasteiger partial charge in [0.2, 0.25) is 0 Å². The summed E-state index contributed by atoms with van der Waals surface area (Å²) < 4.78 is 2.72. The van der Waals surface area contributed by atoms with Crippen LogP contribution < -0.4 is 5.32 Å². The number of anilines is 1. The maximum absolute atomic E-state index is 5.82. The fourth-order valence-electron chi connectivity index (χ4n) is 2.23. The molecule has 0 spiro atoms. The molecule has 1 N–H and O–H groups in total. The van der Waals surface area contributed by atoms with Crippen LogP contribution in [-0.4, -0.2) is 14.5 Å². The van der Waals surface area contributed by atoms with Crippen molar-refractivity contribution < 1.29 is 0 Å². The molecule has 0 radical (unpaired) electrons. The number of nitrogens with zero attached hydrogens (tertiary/aromatic N) is 3. The van der Waals surface area contributed by atoms with E-state index in [2.05, 4.69) is 52.0 Å². The zero-order valence-electron chi connectivity index (χ0n) is 11.4. The number of thiazole rings is 1. The summed E-state index contributed by atoms with van der Waals surface area (Å²) in [5.41, 5.74) is 3.24. The van der Waals surface area contributed by atoms with Crippen molar-refractivity contribution in [1.82, 2.24) is 14.5 Å². The first-order chi connectivity index (χ1) is 9.67. The number of aryl methyl sites for hydroxylation is 2. The third kappa shape index (κ3) is 2.51. The highest BCUT2D eigenvalue weighted by Crippen LogP contribution is 2.22. The molecular weight excluding hydrogens is 292 g/mol. The standard InChI is InChI=1S/C14H15ClN4S/c1-3-13-18-11-6-9(4-5-12(11)19(13)2)16-7-10-8-17-14(15)20-10/h4-6,8,16H,3,7H2,1-2H3. The second-order valence-corrected chi connectivity index (χ2v) is 6.27. The van der Waals surface area contributed by atoms with Crippen molar-refractivity contribution in [3.8, 4) is 0 Å². The molecule has 0 bridgehead atoms. The fraction of sp³-hybridized carbons (Fsp3) is 0.286. The van der Waals surface area contributed by atoms with Gasteiger partial charge in [-0.2, -0.15) is 0 Å². The minimum absolute atomic E-state index is 0.578. The third-order valence-electron chi connectivity index (χ3n) is 3.28. The zero-order valence-corrected chi connectivity index (χ0v) is 12.9. The highest BCUT2D eigenvalue weighted by atomic mass is 35.5. The number of nitrogens with one attached hydrogen (secondary N) is 1. The normalized spacial score (nSPS) is 11.2. The van der Waals surface area contributed by atoms with Gasteiger partial charge in [-0.1, -0.05) is 18.5 Å². The molecule has 0 aliphatic rings. The number of rotatable bonds is 4. The molecule has 20 heavy (non-hydrogen) atoms. The third-order valence-corrected chi connectivity index (χ3v) is 4.40. The molecule has 104 valence electrons. The summed E-state index contributed by atoms with van der Waals surface area (Å²) >= 11 is 7.32. The Hall–Kier alpha value is -1.59. The van der Waals surface area contributed by atoms with Gasteiger partial charge in [-0.15, -0.1) is 11.3 Å². The smallest absolute Gasteiger partial charge is 0.183 e. The number of aromatic nitrogens is 3. The number of hydrogen-bond donors (Lipinski definition) is 1. The van der Waals surface area contributed by atoms with Gasteiger partial charge in [-0.05, 0) is 18.2 Å². The lowest BCUT2D eigenvalue weighted by molar-refractivity contribution is 0.829. The number of hydrogen-bond acceptors (Lipinski definition) is 4. The molecule has 0 saturated heterocycles. The maximum Gasteiger partial charge on any atom is 0.183 e. The molecule has 0 aliphatic heterocycles. The van der Waals surface area contributed by atoms with Crippen LogP contribution in [0.25, 0.3) is 11.0 Å². The molecule has 0 unspecified atom stereocenters. The molecule has 3 aromatic rings. The number of fused-ring (bicyclic) bond motifs is 1. The van der Waals surface area contributed by atoms with Crippen LogP contribution in [0, 0.1) is 0 Å². The van der Waals surface area contributed by atoms with Gasteiger partial charge in [0.1, 0.15) is 5.82 Å². The average Bonchev–Trinajstić information content (AvgIpc) is 3.00. The summed E-state index contributed by atoms with van der Waals surface area (Å²) in [5, 5.41) is 3.38. The second kappa shape index (κ2) is 5.42. The topological polar surface area (TPSA) is 42.7 Å². The summed E-state index contributed by atoms with van der Waals surface area (Å²) in [7, 11) is 2.06. The summed E-state index contributed by atoms with van der Waals surface area (Å²) in [6, 6.07) is 6.26. The zero-order chi connectivity index (χ0) is 14.1. The van der Waals surface area contributed by atoms with Crippen LogP contribution in [0.2, 0.25) is 4.47 Å². The molecule has 2 heterocycles. The highest BCUT2D eigenvalue weighted by molar-refractivity contribution is 7.15. The second-order valence-electron chi connectivity index (χ2n) is 4.58. The lowest BCUT2D eigenvalue weighted by atomic mass is 10.2. The average molecular weight is 307 g/mol. The van der Waals surface area contributed by atoms with E-state index in [-0.39, 0.29) is 0 Å². The van der Waals surface area contributed by atoms with Crippen molar-refractivity contribution in [3.05, 3.63) is 39.6 Å². The first-order valence-electron chi connectivity index (χ1n) is 6.47. The Labute approximate surface area is 126 Å². The van der Waals surface area contributed by atoms with E-state index >= 15 is 0 Å². The Bertz CT molecular complexity index is 747. The van der Waals surface area contributed by atoms with E-state index in [9.17, 15) is 0 Å². The van der Waals surface area contributed by atoms with Gasteiger partial charge in [0.05, 0.1) is 17.6 Å².